The van der Waals surface area contributed by atoms with E-state index in [1.54, 1.807) is 0 Å². The quantitative estimate of drug-likeness (QED) is 0.680. The van der Waals surface area contributed by atoms with Gasteiger partial charge < -0.3 is 5.73 Å². The molecule has 1 unspecified atom stereocenters. The van der Waals surface area contributed by atoms with Gasteiger partial charge in [-0.2, -0.15) is 0 Å². The molecule has 0 radical (unpaired) electrons. The second-order valence-electron chi connectivity index (χ2n) is 3.47. The summed E-state index contributed by atoms with van der Waals surface area (Å²) in [6.45, 7) is 3.24. The number of nitrogens with zero attached hydrogens (tertiary/aromatic N) is 1. The molecule has 1 aliphatic rings. The van der Waals surface area contributed by atoms with Crippen molar-refractivity contribution >= 4 is 27.2 Å². The van der Waals surface area contributed by atoms with Gasteiger partial charge in [0.2, 0.25) is 10.0 Å². The highest BCUT2D eigenvalue weighted by Gasteiger charge is 2.29. The summed E-state index contributed by atoms with van der Waals surface area (Å²) in [4.78, 5) is 0.0413. The zero-order chi connectivity index (χ0) is 10.1. The second-order valence-corrected chi connectivity index (χ2v) is 5.97. The fourth-order valence-corrected chi connectivity index (χ4v) is 3.27. The molecule has 0 aromatic carbocycles. The Balaban J connectivity index is 2.65. The molecule has 1 atom stereocenters. The van der Waals surface area contributed by atoms with E-state index in [1.807, 2.05) is 6.92 Å². The van der Waals surface area contributed by atoms with Crippen LogP contribution in [0, 0.1) is 5.92 Å². The minimum atomic E-state index is -3.23. The molecule has 2 N–H and O–H groups in total. The maximum absolute atomic E-state index is 11.5. The first-order valence-corrected chi connectivity index (χ1v) is 6.19. The highest BCUT2D eigenvalue weighted by atomic mass is 32.2. The molecule has 13 heavy (non-hydrogen) atoms. The van der Waals surface area contributed by atoms with Crippen LogP contribution >= 0.6 is 12.2 Å². The third-order valence-electron chi connectivity index (χ3n) is 2.10. The summed E-state index contributed by atoms with van der Waals surface area (Å²) in [5, 5.41) is 0. The molecule has 1 saturated heterocycles. The van der Waals surface area contributed by atoms with E-state index in [1.165, 1.54) is 4.31 Å². The average Bonchev–Trinajstić information content (AvgIpc) is 2.32. The minimum absolute atomic E-state index is 0.0413. The predicted octanol–water partition coefficient (Wildman–Crippen LogP) is -0.0559. The van der Waals surface area contributed by atoms with Crippen LogP contribution in [0.5, 0.6) is 0 Å². The molecule has 4 nitrogen and oxygen atoms in total. The summed E-state index contributed by atoms with van der Waals surface area (Å²) < 4.78 is 24.6. The lowest BCUT2D eigenvalue weighted by atomic mass is 10.2. The van der Waals surface area contributed by atoms with E-state index in [0.29, 0.717) is 19.0 Å². The van der Waals surface area contributed by atoms with Gasteiger partial charge in [-0.1, -0.05) is 19.1 Å². The van der Waals surface area contributed by atoms with E-state index in [4.69, 9.17) is 5.73 Å². The van der Waals surface area contributed by atoms with Gasteiger partial charge in [0.05, 0.1) is 4.99 Å². The SMILES string of the molecule is CC1CCN(S(=O)(=O)CC(N)=S)C1. The van der Waals surface area contributed by atoms with Gasteiger partial charge in [0.25, 0.3) is 0 Å². The first-order chi connectivity index (χ1) is 5.92. The van der Waals surface area contributed by atoms with E-state index in [9.17, 15) is 8.42 Å². The Kier molecular flexibility index (Phi) is 3.26. The summed E-state index contributed by atoms with van der Waals surface area (Å²) in [6.07, 6.45) is 0.927. The molecule has 0 saturated carbocycles. The Morgan fingerprint density at radius 3 is 2.69 bits per heavy atom. The normalized spacial score (nSPS) is 24.8. The smallest absolute Gasteiger partial charge is 0.220 e. The third kappa shape index (κ3) is 2.89. The molecular formula is C7H14N2O2S2. The lowest BCUT2D eigenvalue weighted by molar-refractivity contribution is 0.468. The van der Waals surface area contributed by atoms with Crippen LogP contribution in [-0.2, 0) is 10.0 Å². The number of sulfonamides is 1. The number of nitrogens with two attached hydrogens (primary N) is 1. The summed E-state index contributed by atoms with van der Waals surface area (Å²) in [7, 11) is -3.23. The summed E-state index contributed by atoms with van der Waals surface area (Å²) in [5.74, 6) is 0.246. The van der Waals surface area contributed by atoms with Gasteiger partial charge >= 0.3 is 0 Å². The Bertz CT molecular complexity index is 300. The van der Waals surface area contributed by atoms with Crippen molar-refractivity contribution < 1.29 is 8.42 Å². The maximum atomic E-state index is 11.5. The Morgan fingerprint density at radius 1 is 1.69 bits per heavy atom. The number of rotatable bonds is 3. The number of thiocarbonyl (C=S) groups is 1. The monoisotopic (exact) mass is 222 g/mol. The van der Waals surface area contributed by atoms with Crippen molar-refractivity contribution in [1.82, 2.24) is 4.31 Å². The zero-order valence-corrected chi connectivity index (χ0v) is 9.20. The highest BCUT2D eigenvalue weighted by molar-refractivity contribution is 7.92. The van der Waals surface area contributed by atoms with E-state index in [-0.39, 0.29) is 10.7 Å². The van der Waals surface area contributed by atoms with Gasteiger partial charge in [0.15, 0.2) is 0 Å². The molecule has 0 aromatic heterocycles. The lowest BCUT2D eigenvalue weighted by Crippen LogP contribution is -2.35. The topological polar surface area (TPSA) is 63.4 Å². The van der Waals surface area contributed by atoms with Gasteiger partial charge in [0, 0.05) is 13.1 Å². The van der Waals surface area contributed by atoms with Crippen LogP contribution < -0.4 is 5.73 Å². The predicted molar refractivity (Wildman–Crippen MR) is 55.9 cm³/mol. The molecular weight excluding hydrogens is 208 g/mol. The van der Waals surface area contributed by atoms with Crippen LogP contribution in [0.2, 0.25) is 0 Å². The summed E-state index contributed by atoms with van der Waals surface area (Å²) >= 11 is 4.58. The van der Waals surface area contributed by atoms with Crippen LogP contribution in [0.1, 0.15) is 13.3 Å². The maximum Gasteiger partial charge on any atom is 0.220 e. The van der Waals surface area contributed by atoms with Crippen molar-refractivity contribution in [3.8, 4) is 0 Å². The van der Waals surface area contributed by atoms with Crippen LogP contribution in [-0.4, -0.2) is 36.6 Å². The van der Waals surface area contributed by atoms with E-state index >= 15 is 0 Å². The van der Waals surface area contributed by atoms with E-state index < -0.39 is 10.0 Å². The van der Waals surface area contributed by atoms with Crippen molar-refractivity contribution in [3.63, 3.8) is 0 Å². The minimum Gasteiger partial charge on any atom is -0.392 e. The Labute approximate surface area is 84.1 Å². The fourth-order valence-electron chi connectivity index (χ4n) is 1.42. The molecule has 1 aliphatic heterocycles. The van der Waals surface area contributed by atoms with Gasteiger partial charge in [-0.05, 0) is 12.3 Å². The molecule has 0 spiro atoms. The molecule has 1 rings (SSSR count). The van der Waals surface area contributed by atoms with Crippen LogP contribution in [0.3, 0.4) is 0 Å². The van der Waals surface area contributed by atoms with E-state index in [2.05, 4.69) is 12.2 Å². The Hall–Kier alpha value is -0.200. The summed E-state index contributed by atoms with van der Waals surface area (Å²) in [6, 6.07) is 0. The van der Waals surface area contributed by atoms with Crippen LogP contribution in [0.15, 0.2) is 0 Å². The van der Waals surface area contributed by atoms with Crippen LogP contribution in [0.25, 0.3) is 0 Å². The molecule has 0 amide bonds. The fraction of sp³-hybridized carbons (Fsp3) is 0.857. The summed E-state index contributed by atoms with van der Waals surface area (Å²) in [5.41, 5.74) is 5.21. The molecule has 0 aliphatic carbocycles. The molecule has 0 bridgehead atoms. The molecule has 76 valence electrons. The van der Waals surface area contributed by atoms with Crippen molar-refractivity contribution in [3.05, 3.63) is 0 Å². The third-order valence-corrected chi connectivity index (χ3v) is 4.23. The average molecular weight is 222 g/mol. The van der Waals surface area contributed by atoms with Gasteiger partial charge in [-0.3, -0.25) is 0 Å². The second kappa shape index (κ2) is 3.89. The molecule has 1 heterocycles. The van der Waals surface area contributed by atoms with Crippen molar-refractivity contribution in [2.24, 2.45) is 11.7 Å². The number of hydrogen-bond donors (Lipinski definition) is 1. The Morgan fingerprint density at radius 2 is 2.31 bits per heavy atom. The van der Waals surface area contributed by atoms with Gasteiger partial charge in [-0.15, -0.1) is 0 Å². The molecule has 1 fully saturated rings. The van der Waals surface area contributed by atoms with E-state index in [0.717, 1.165) is 6.42 Å². The van der Waals surface area contributed by atoms with Crippen molar-refractivity contribution in [2.45, 2.75) is 13.3 Å². The molecule has 6 heteroatoms. The van der Waals surface area contributed by atoms with Crippen molar-refractivity contribution in [2.75, 3.05) is 18.8 Å². The van der Waals surface area contributed by atoms with Gasteiger partial charge in [0.1, 0.15) is 5.75 Å². The molecule has 0 aromatic rings. The van der Waals surface area contributed by atoms with Gasteiger partial charge in [-0.25, -0.2) is 12.7 Å². The zero-order valence-electron chi connectivity index (χ0n) is 7.56. The number of hydrogen-bond acceptors (Lipinski definition) is 3. The standard InChI is InChI=1S/C7H14N2O2S2/c1-6-2-3-9(4-6)13(10,11)5-7(8)12/h6H,2-5H2,1H3,(H2,8,12). The lowest BCUT2D eigenvalue weighted by Gasteiger charge is -2.14. The first kappa shape index (κ1) is 10.9. The largest absolute Gasteiger partial charge is 0.392 e. The van der Waals surface area contributed by atoms with Crippen molar-refractivity contribution in [1.29, 1.82) is 0 Å². The highest BCUT2D eigenvalue weighted by Crippen LogP contribution is 2.18. The first-order valence-electron chi connectivity index (χ1n) is 4.18. The van der Waals surface area contributed by atoms with Crippen LogP contribution in [0.4, 0.5) is 0 Å².